The largest absolute Gasteiger partial charge is 0.329 e. The van der Waals surface area contributed by atoms with Crippen LogP contribution in [0, 0.1) is 5.92 Å². The fourth-order valence-electron chi connectivity index (χ4n) is 2.91. The van der Waals surface area contributed by atoms with Crippen LogP contribution in [0.25, 0.3) is 0 Å². The predicted octanol–water partition coefficient (Wildman–Crippen LogP) is 2.59. The van der Waals surface area contributed by atoms with E-state index in [-0.39, 0.29) is 6.04 Å². The number of nitrogens with one attached hydrogen (secondary N) is 1. The average molecular weight is 329 g/mol. The van der Waals surface area contributed by atoms with Gasteiger partial charge in [-0.25, -0.2) is 13.1 Å². The van der Waals surface area contributed by atoms with Gasteiger partial charge in [-0.2, -0.15) is 0 Å². The molecule has 1 aromatic rings. The molecule has 0 radical (unpaired) electrons. The summed E-state index contributed by atoms with van der Waals surface area (Å²) in [4.78, 5) is 1.27. The van der Waals surface area contributed by atoms with E-state index >= 15 is 0 Å². The molecule has 1 fully saturated rings. The normalized spacial score (nSPS) is 18.6. The van der Waals surface area contributed by atoms with E-state index in [4.69, 9.17) is 5.73 Å². The highest BCUT2D eigenvalue weighted by Crippen LogP contribution is 2.27. The van der Waals surface area contributed by atoms with Crippen molar-refractivity contribution < 1.29 is 8.42 Å². The topological polar surface area (TPSA) is 72.2 Å². The van der Waals surface area contributed by atoms with Gasteiger partial charge in [0.05, 0.1) is 4.90 Å². The Labute approximate surface area is 131 Å². The Morgan fingerprint density at radius 2 is 2.05 bits per heavy atom. The highest BCUT2D eigenvalue weighted by Gasteiger charge is 2.27. The third-order valence-corrected chi connectivity index (χ3v) is 6.34. The number of rotatable bonds is 6. The highest BCUT2D eigenvalue weighted by molar-refractivity contribution is 7.98. The number of thioether (sulfide) groups is 1. The van der Waals surface area contributed by atoms with Crippen molar-refractivity contribution in [2.45, 2.75) is 47.9 Å². The molecule has 0 aromatic heterocycles. The van der Waals surface area contributed by atoms with Gasteiger partial charge in [-0.3, -0.25) is 0 Å². The number of hydrogen-bond donors (Lipinski definition) is 2. The summed E-state index contributed by atoms with van der Waals surface area (Å²) in [6.07, 6.45) is 7.65. The summed E-state index contributed by atoms with van der Waals surface area (Å²) in [6.45, 7) is 0.353. The molecule has 0 spiro atoms. The zero-order chi connectivity index (χ0) is 15.3. The molecular weight excluding hydrogens is 304 g/mol. The van der Waals surface area contributed by atoms with Gasteiger partial charge >= 0.3 is 0 Å². The van der Waals surface area contributed by atoms with Gasteiger partial charge in [0.15, 0.2) is 0 Å². The van der Waals surface area contributed by atoms with Gasteiger partial charge in [0.25, 0.3) is 0 Å². The van der Waals surface area contributed by atoms with Crippen LogP contribution in [0.3, 0.4) is 0 Å². The standard InChI is InChI=1S/C15H24N2O2S2/c1-20-13-8-5-9-14(10-13)21(18,19)17-15(11-16)12-6-3-2-4-7-12/h5,8-10,12,15,17H,2-4,6-7,11,16H2,1H3. The zero-order valence-electron chi connectivity index (χ0n) is 12.4. The van der Waals surface area contributed by atoms with Crippen LogP contribution in [-0.4, -0.2) is 27.3 Å². The van der Waals surface area contributed by atoms with E-state index in [9.17, 15) is 8.42 Å². The Hall–Kier alpha value is -0.560. The van der Waals surface area contributed by atoms with Crippen LogP contribution in [0.1, 0.15) is 32.1 Å². The molecular formula is C15H24N2O2S2. The predicted molar refractivity (Wildman–Crippen MR) is 88.0 cm³/mol. The molecule has 1 aliphatic rings. The molecule has 0 bridgehead atoms. The first-order valence-corrected chi connectivity index (χ1v) is 10.1. The Morgan fingerprint density at radius 3 is 2.67 bits per heavy atom. The lowest BCUT2D eigenvalue weighted by Gasteiger charge is -2.29. The maximum atomic E-state index is 12.5. The van der Waals surface area contributed by atoms with Crippen molar-refractivity contribution in [1.29, 1.82) is 0 Å². The van der Waals surface area contributed by atoms with Crippen molar-refractivity contribution in [2.24, 2.45) is 11.7 Å². The van der Waals surface area contributed by atoms with E-state index < -0.39 is 10.0 Å². The van der Waals surface area contributed by atoms with E-state index in [1.165, 1.54) is 31.0 Å². The first kappa shape index (κ1) is 16.8. The molecule has 21 heavy (non-hydrogen) atoms. The van der Waals surface area contributed by atoms with Crippen molar-refractivity contribution in [3.8, 4) is 0 Å². The molecule has 0 amide bonds. The molecule has 0 heterocycles. The summed E-state index contributed by atoms with van der Waals surface area (Å²) >= 11 is 1.53. The molecule has 6 heteroatoms. The van der Waals surface area contributed by atoms with Gasteiger partial charge in [0.1, 0.15) is 0 Å². The SMILES string of the molecule is CSc1cccc(S(=O)(=O)NC(CN)C2CCCCC2)c1. The van der Waals surface area contributed by atoms with Crippen LogP contribution in [-0.2, 0) is 10.0 Å². The molecule has 1 saturated carbocycles. The first-order chi connectivity index (χ1) is 10.1. The minimum absolute atomic E-state index is 0.159. The number of hydrogen-bond acceptors (Lipinski definition) is 4. The lowest BCUT2D eigenvalue weighted by atomic mass is 9.84. The van der Waals surface area contributed by atoms with E-state index in [0.29, 0.717) is 17.4 Å². The van der Waals surface area contributed by atoms with Gasteiger partial charge in [0, 0.05) is 17.5 Å². The van der Waals surface area contributed by atoms with Gasteiger partial charge in [-0.1, -0.05) is 25.3 Å². The van der Waals surface area contributed by atoms with Crippen LogP contribution in [0.4, 0.5) is 0 Å². The Balaban J connectivity index is 2.14. The van der Waals surface area contributed by atoms with Crippen LogP contribution < -0.4 is 10.5 Å². The molecule has 4 nitrogen and oxygen atoms in total. The lowest BCUT2D eigenvalue weighted by molar-refractivity contribution is 0.294. The van der Waals surface area contributed by atoms with Crippen molar-refractivity contribution in [1.82, 2.24) is 4.72 Å². The van der Waals surface area contributed by atoms with Crippen molar-refractivity contribution >= 4 is 21.8 Å². The van der Waals surface area contributed by atoms with Gasteiger partial charge < -0.3 is 5.73 Å². The van der Waals surface area contributed by atoms with E-state index in [1.807, 2.05) is 12.3 Å². The molecule has 118 valence electrons. The molecule has 1 aliphatic carbocycles. The molecule has 3 N–H and O–H groups in total. The molecule has 2 rings (SSSR count). The monoisotopic (exact) mass is 328 g/mol. The summed E-state index contributed by atoms with van der Waals surface area (Å²) in [5, 5.41) is 0. The minimum atomic E-state index is -3.50. The number of sulfonamides is 1. The smallest absolute Gasteiger partial charge is 0.240 e. The van der Waals surface area contributed by atoms with Crippen molar-refractivity contribution in [3.63, 3.8) is 0 Å². The lowest BCUT2D eigenvalue weighted by Crippen LogP contribution is -2.45. The van der Waals surface area contributed by atoms with Crippen LogP contribution >= 0.6 is 11.8 Å². The minimum Gasteiger partial charge on any atom is -0.329 e. The highest BCUT2D eigenvalue weighted by atomic mass is 32.2. The molecule has 1 aromatic carbocycles. The van der Waals surface area contributed by atoms with E-state index in [0.717, 1.165) is 17.7 Å². The van der Waals surface area contributed by atoms with E-state index in [2.05, 4.69) is 4.72 Å². The number of benzene rings is 1. The summed E-state index contributed by atoms with van der Waals surface area (Å²) in [5.41, 5.74) is 5.81. The third-order valence-electron chi connectivity index (χ3n) is 4.13. The van der Waals surface area contributed by atoms with Crippen molar-refractivity contribution in [2.75, 3.05) is 12.8 Å². The van der Waals surface area contributed by atoms with Crippen LogP contribution in [0.2, 0.25) is 0 Å². The maximum absolute atomic E-state index is 12.5. The number of nitrogens with two attached hydrogens (primary N) is 1. The van der Waals surface area contributed by atoms with Crippen LogP contribution in [0.5, 0.6) is 0 Å². The van der Waals surface area contributed by atoms with Gasteiger partial charge in [-0.05, 0) is 43.2 Å². The zero-order valence-corrected chi connectivity index (χ0v) is 14.1. The average Bonchev–Trinajstić information content (AvgIpc) is 2.53. The molecule has 0 saturated heterocycles. The summed E-state index contributed by atoms with van der Waals surface area (Å²) in [6, 6.07) is 6.87. The molecule has 0 aliphatic heterocycles. The summed E-state index contributed by atoms with van der Waals surface area (Å²) in [5.74, 6) is 0.363. The van der Waals surface area contributed by atoms with Crippen molar-refractivity contribution in [3.05, 3.63) is 24.3 Å². The fourth-order valence-corrected chi connectivity index (χ4v) is 4.81. The summed E-state index contributed by atoms with van der Waals surface area (Å²) in [7, 11) is -3.50. The maximum Gasteiger partial charge on any atom is 0.240 e. The Bertz CT molecular complexity index is 555. The second kappa shape index (κ2) is 7.63. The first-order valence-electron chi connectivity index (χ1n) is 7.43. The summed E-state index contributed by atoms with van der Waals surface area (Å²) < 4.78 is 27.9. The Kier molecular flexibility index (Phi) is 6.10. The Morgan fingerprint density at radius 1 is 1.33 bits per heavy atom. The van der Waals surface area contributed by atoms with Gasteiger partial charge in [0.2, 0.25) is 10.0 Å². The second-order valence-corrected chi connectivity index (χ2v) is 8.13. The second-order valence-electron chi connectivity index (χ2n) is 5.54. The fraction of sp³-hybridized carbons (Fsp3) is 0.600. The third kappa shape index (κ3) is 4.45. The van der Waals surface area contributed by atoms with Gasteiger partial charge in [-0.15, -0.1) is 11.8 Å². The van der Waals surface area contributed by atoms with Crippen LogP contribution in [0.15, 0.2) is 34.1 Å². The van der Waals surface area contributed by atoms with E-state index in [1.54, 1.807) is 18.2 Å². The quantitative estimate of drug-likeness (QED) is 0.787. The molecule has 1 atom stereocenters. The molecule has 1 unspecified atom stereocenters.